The number of methoxy groups -OCH3 is 1. The van der Waals surface area contributed by atoms with Crippen molar-refractivity contribution < 1.29 is 23.1 Å². The molecule has 0 saturated carbocycles. The second-order valence-corrected chi connectivity index (χ2v) is 5.10. The molecule has 0 radical (unpaired) electrons. The molecular formula is C17H16F2N2O3. The number of amides is 2. The zero-order chi connectivity index (χ0) is 17.7. The number of anilines is 2. The molecule has 2 N–H and O–H groups in total. The molecule has 2 rings (SSSR count). The zero-order valence-corrected chi connectivity index (χ0v) is 13.2. The summed E-state index contributed by atoms with van der Waals surface area (Å²) in [5.74, 6) is -2.72. The molecule has 126 valence electrons. The second-order valence-electron chi connectivity index (χ2n) is 5.10. The van der Waals surface area contributed by atoms with Gasteiger partial charge in [0.1, 0.15) is 18.2 Å². The van der Waals surface area contributed by atoms with Crippen LogP contribution in [0.15, 0.2) is 36.4 Å². The number of carbonyl (C=O) groups is 2. The van der Waals surface area contributed by atoms with Gasteiger partial charge in [-0.1, -0.05) is 6.07 Å². The van der Waals surface area contributed by atoms with Crippen LogP contribution in [-0.2, 0) is 9.53 Å². The van der Waals surface area contributed by atoms with Crippen molar-refractivity contribution >= 4 is 23.2 Å². The normalized spacial score (nSPS) is 10.3. The smallest absolute Gasteiger partial charge is 0.258 e. The third kappa shape index (κ3) is 4.36. The summed E-state index contributed by atoms with van der Waals surface area (Å²) in [6.45, 7) is 1.34. The summed E-state index contributed by atoms with van der Waals surface area (Å²) in [4.78, 5) is 23.6. The standard InChI is InChI=1S/C17H16F2N2O3/c1-10-6-13(15(19)8-14(10)18)17(23)21-12-5-3-4-11(7-12)20-16(22)9-24-2/h3-8H,9H2,1-2H3,(H,20,22)(H,21,23). The van der Waals surface area contributed by atoms with Crippen molar-refractivity contribution in [1.29, 1.82) is 0 Å². The molecule has 0 spiro atoms. The van der Waals surface area contributed by atoms with E-state index in [0.29, 0.717) is 17.4 Å². The zero-order valence-electron chi connectivity index (χ0n) is 13.2. The first-order valence-corrected chi connectivity index (χ1v) is 7.06. The lowest BCUT2D eigenvalue weighted by Crippen LogP contribution is -2.18. The van der Waals surface area contributed by atoms with Gasteiger partial charge in [-0.05, 0) is 36.8 Å². The number of hydrogen-bond acceptors (Lipinski definition) is 3. The summed E-state index contributed by atoms with van der Waals surface area (Å²) in [6, 6.07) is 8.16. The third-order valence-electron chi connectivity index (χ3n) is 3.17. The van der Waals surface area contributed by atoms with Gasteiger partial charge in [-0.25, -0.2) is 8.78 Å². The highest BCUT2D eigenvalue weighted by atomic mass is 19.1. The van der Waals surface area contributed by atoms with Gasteiger partial charge in [-0.15, -0.1) is 0 Å². The minimum Gasteiger partial charge on any atom is -0.375 e. The van der Waals surface area contributed by atoms with Crippen LogP contribution < -0.4 is 10.6 Å². The van der Waals surface area contributed by atoms with Crippen molar-refractivity contribution in [2.24, 2.45) is 0 Å². The van der Waals surface area contributed by atoms with Crippen LogP contribution in [0, 0.1) is 18.6 Å². The largest absolute Gasteiger partial charge is 0.375 e. The molecule has 5 nitrogen and oxygen atoms in total. The van der Waals surface area contributed by atoms with Crippen LogP contribution in [0.3, 0.4) is 0 Å². The Hall–Kier alpha value is -2.80. The Kier molecular flexibility index (Phi) is 5.59. The van der Waals surface area contributed by atoms with E-state index in [1.54, 1.807) is 18.2 Å². The molecule has 7 heteroatoms. The van der Waals surface area contributed by atoms with E-state index in [1.165, 1.54) is 20.1 Å². The average molecular weight is 334 g/mol. The average Bonchev–Trinajstić information content (AvgIpc) is 2.51. The quantitative estimate of drug-likeness (QED) is 0.883. The first-order valence-electron chi connectivity index (χ1n) is 7.06. The Morgan fingerprint density at radius 1 is 1.04 bits per heavy atom. The minimum atomic E-state index is -0.944. The lowest BCUT2D eigenvalue weighted by atomic mass is 10.1. The number of benzene rings is 2. The fourth-order valence-electron chi connectivity index (χ4n) is 2.03. The maximum absolute atomic E-state index is 13.7. The number of carbonyl (C=O) groups excluding carboxylic acids is 2. The highest BCUT2D eigenvalue weighted by Crippen LogP contribution is 2.19. The highest BCUT2D eigenvalue weighted by molar-refractivity contribution is 6.05. The van der Waals surface area contributed by atoms with Gasteiger partial charge in [0.05, 0.1) is 5.56 Å². The fourth-order valence-corrected chi connectivity index (χ4v) is 2.03. The highest BCUT2D eigenvalue weighted by Gasteiger charge is 2.15. The number of aryl methyl sites for hydroxylation is 1. The van der Waals surface area contributed by atoms with Crippen LogP contribution in [-0.4, -0.2) is 25.5 Å². The number of halogens is 2. The molecule has 0 bridgehead atoms. The maximum Gasteiger partial charge on any atom is 0.258 e. The predicted molar refractivity (Wildman–Crippen MR) is 86.0 cm³/mol. The molecule has 2 aromatic rings. The topological polar surface area (TPSA) is 67.4 Å². The van der Waals surface area contributed by atoms with Crippen LogP contribution in [0.4, 0.5) is 20.2 Å². The minimum absolute atomic E-state index is 0.101. The lowest BCUT2D eigenvalue weighted by Gasteiger charge is -2.10. The summed E-state index contributed by atoms with van der Waals surface area (Å²) in [6.07, 6.45) is 0. The molecule has 0 aromatic heterocycles. The molecule has 0 aliphatic heterocycles. The molecule has 0 saturated heterocycles. The fraction of sp³-hybridized carbons (Fsp3) is 0.176. The molecule has 0 aliphatic rings. The van der Waals surface area contributed by atoms with Crippen molar-refractivity contribution in [3.8, 4) is 0 Å². The molecule has 2 amide bonds. The Bertz CT molecular complexity index is 778. The van der Waals surface area contributed by atoms with E-state index in [1.807, 2.05) is 0 Å². The van der Waals surface area contributed by atoms with E-state index in [-0.39, 0.29) is 23.6 Å². The van der Waals surface area contributed by atoms with Gasteiger partial charge in [0, 0.05) is 24.6 Å². The Balaban J connectivity index is 2.15. The van der Waals surface area contributed by atoms with Gasteiger partial charge < -0.3 is 15.4 Å². The van der Waals surface area contributed by atoms with Crippen LogP contribution >= 0.6 is 0 Å². The van der Waals surface area contributed by atoms with Crippen molar-refractivity contribution in [1.82, 2.24) is 0 Å². The van der Waals surface area contributed by atoms with Gasteiger partial charge in [-0.3, -0.25) is 9.59 Å². The van der Waals surface area contributed by atoms with Gasteiger partial charge in [0.2, 0.25) is 5.91 Å². The first kappa shape index (κ1) is 17.6. The number of hydrogen-bond donors (Lipinski definition) is 2. The molecule has 0 unspecified atom stereocenters. The summed E-state index contributed by atoms with van der Waals surface area (Å²) in [5.41, 5.74) is 0.715. The number of nitrogens with one attached hydrogen (secondary N) is 2. The summed E-state index contributed by atoms with van der Waals surface area (Å²) in [7, 11) is 1.40. The van der Waals surface area contributed by atoms with E-state index in [0.717, 1.165) is 6.07 Å². The van der Waals surface area contributed by atoms with Crippen LogP contribution in [0.1, 0.15) is 15.9 Å². The second kappa shape index (κ2) is 7.65. The summed E-state index contributed by atoms with van der Waals surface area (Å²) in [5, 5.41) is 5.09. The van der Waals surface area contributed by atoms with Crippen molar-refractivity contribution in [2.75, 3.05) is 24.4 Å². The molecule has 24 heavy (non-hydrogen) atoms. The molecule has 0 heterocycles. The SMILES string of the molecule is COCC(=O)Nc1cccc(NC(=O)c2cc(C)c(F)cc2F)c1. The molecule has 2 aromatic carbocycles. The molecular weight excluding hydrogens is 318 g/mol. The Morgan fingerprint density at radius 2 is 1.71 bits per heavy atom. The first-order chi connectivity index (χ1) is 11.4. The van der Waals surface area contributed by atoms with Crippen LogP contribution in [0.25, 0.3) is 0 Å². The van der Waals surface area contributed by atoms with E-state index >= 15 is 0 Å². The van der Waals surface area contributed by atoms with Gasteiger partial charge in [0.15, 0.2) is 0 Å². The van der Waals surface area contributed by atoms with Crippen LogP contribution in [0.2, 0.25) is 0 Å². The van der Waals surface area contributed by atoms with Crippen molar-refractivity contribution in [2.45, 2.75) is 6.92 Å². The van der Waals surface area contributed by atoms with E-state index < -0.39 is 17.5 Å². The van der Waals surface area contributed by atoms with Gasteiger partial charge in [-0.2, -0.15) is 0 Å². The Morgan fingerprint density at radius 3 is 2.38 bits per heavy atom. The maximum atomic E-state index is 13.7. The van der Waals surface area contributed by atoms with Crippen molar-refractivity contribution in [3.05, 3.63) is 59.2 Å². The van der Waals surface area contributed by atoms with Gasteiger partial charge in [0.25, 0.3) is 5.91 Å². The monoisotopic (exact) mass is 334 g/mol. The third-order valence-corrected chi connectivity index (χ3v) is 3.17. The molecule has 0 aliphatic carbocycles. The van der Waals surface area contributed by atoms with E-state index in [4.69, 9.17) is 4.74 Å². The summed E-state index contributed by atoms with van der Waals surface area (Å²) < 4.78 is 31.7. The van der Waals surface area contributed by atoms with Gasteiger partial charge >= 0.3 is 0 Å². The lowest BCUT2D eigenvalue weighted by molar-refractivity contribution is -0.119. The van der Waals surface area contributed by atoms with Crippen LogP contribution in [0.5, 0.6) is 0 Å². The molecule has 0 atom stereocenters. The number of ether oxygens (including phenoxy) is 1. The Labute approximate surface area is 137 Å². The van der Waals surface area contributed by atoms with E-state index in [9.17, 15) is 18.4 Å². The number of rotatable bonds is 5. The summed E-state index contributed by atoms with van der Waals surface area (Å²) >= 11 is 0. The van der Waals surface area contributed by atoms with Crippen molar-refractivity contribution in [3.63, 3.8) is 0 Å². The molecule has 0 fully saturated rings. The van der Waals surface area contributed by atoms with E-state index in [2.05, 4.69) is 10.6 Å². The predicted octanol–water partition coefficient (Wildman–Crippen LogP) is 3.11.